The highest BCUT2D eigenvalue weighted by atomic mass is 35.5. The van der Waals surface area contributed by atoms with Gasteiger partial charge in [0.1, 0.15) is 0 Å². The minimum Gasteiger partial charge on any atom is -0.423 e. The molecule has 0 saturated carbocycles. The van der Waals surface area contributed by atoms with Crippen molar-refractivity contribution in [3.63, 3.8) is 0 Å². The molecule has 0 aromatic heterocycles. The molecule has 2 aromatic rings. The highest BCUT2D eigenvalue weighted by molar-refractivity contribution is 6.31. The zero-order chi connectivity index (χ0) is 20.1. The van der Waals surface area contributed by atoms with Crippen LogP contribution in [0.2, 0.25) is 5.02 Å². The number of halogens is 1. The van der Waals surface area contributed by atoms with Gasteiger partial charge in [-0.15, -0.1) is 0 Å². The molecule has 0 N–H and O–H groups in total. The van der Waals surface area contributed by atoms with Gasteiger partial charge in [-0.05, 0) is 11.6 Å². The van der Waals surface area contributed by atoms with E-state index in [2.05, 4.69) is 4.99 Å². The van der Waals surface area contributed by atoms with Crippen molar-refractivity contribution in [2.45, 2.75) is 18.8 Å². The Hall–Kier alpha value is -3.32. The number of amidine groups is 1. The molecule has 3 amide bonds. The van der Waals surface area contributed by atoms with Crippen LogP contribution in [0.1, 0.15) is 11.1 Å². The second-order valence-electron chi connectivity index (χ2n) is 7.05. The van der Waals surface area contributed by atoms with Crippen LogP contribution in [0.15, 0.2) is 65.8 Å². The first-order valence-corrected chi connectivity index (χ1v) is 9.55. The van der Waals surface area contributed by atoms with Gasteiger partial charge in [0.2, 0.25) is 0 Å². The predicted molar refractivity (Wildman–Crippen MR) is 108 cm³/mol. The molecule has 7 nitrogen and oxygen atoms in total. The fourth-order valence-corrected chi connectivity index (χ4v) is 3.95. The number of imide groups is 1. The molecule has 1 fully saturated rings. The summed E-state index contributed by atoms with van der Waals surface area (Å²) in [4.78, 5) is 35.0. The SMILES string of the molecule is CN1C(=O)N(Cc2ccccc2Cl)C(=O)C2C1N=C1OC(c3ccccc3)=CN12. The van der Waals surface area contributed by atoms with Crippen LogP contribution in [-0.4, -0.2) is 51.9 Å². The Morgan fingerprint density at radius 2 is 1.79 bits per heavy atom. The fourth-order valence-electron chi connectivity index (χ4n) is 3.76. The Balaban J connectivity index is 1.46. The van der Waals surface area contributed by atoms with Crippen LogP contribution in [0.25, 0.3) is 5.76 Å². The zero-order valence-electron chi connectivity index (χ0n) is 15.5. The van der Waals surface area contributed by atoms with E-state index in [0.29, 0.717) is 22.4 Å². The lowest BCUT2D eigenvalue weighted by Crippen LogP contribution is -2.63. The first kappa shape index (κ1) is 17.8. The van der Waals surface area contributed by atoms with E-state index in [1.165, 1.54) is 9.80 Å². The largest absolute Gasteiger partial charge is 0.423 e. The van der Waals surface area contributed by atoms with Gasteiger partial charge in [-0.3, -0.25) is 14.6 Å². The van der Waals surface area contributed by atoms with Crippen LogP contribution in [0.3, 0.4) is 0 Å². The molecular formula is C21H17ClN4O3. The molecule has 2 unspecified atom stereocenters. The Morgan fingerprint density at radius 3 is 2.55 bits per heavy atom. The number of ether oxygens (including phenoxy) is 1. The van der Waals surface area contributed by atoms with Gasteiger partial charge in [-0.2, -0.15) is 0 Å². The Morgan fingerprint density at radius 1 is 1.07 bits per heavy atom. The van der Waals surface area contributed by atoms with Gasteiger partial charge in [0.15, 0.2) is 18.0 Å². The van der Waals surface area contributed by atoms with Crippen molar-refractivity contribution >= 4 is 35.3 Å². The van der Waals surface area contributed by atoms with Gasteiger partial charge in [-0.25, -0.2) is 9.79 Å². The second kappa shape index (κ2) is 6.63. The average Bonchev–Trinajstić information content (AvgIpc) is 3.30. The number of fused-ring (bicyclic) bond motifs is 3. The maximum atomic E-state index is 13.3. The first-order valence-electron chi connectivity index (χ1n) is 9.17. The van der Waals surface area contributed by atoms with Crippen LogP contribution >= 0.6 is 11.6 Å². The number of carbonyl (C=O) groups is 2. The number of hydrogen-bond donors (Lipinski definition) is 0. The van der Waals surface area contributed by atoms with E-state index in [0.717, 1.165) is 5.56 Å². The quantitative estimate of drug-likeness (QED) is 0.782. The lowest BCUT2D eigenvalue weighted by atomic mass is 10.1. The molecule has 5 rings (SSSR count). The lowest BCUT2D eigenvalue weighted by Gasteiger charge is -2.39. The van der Waals surface area contributed by atoms with Crippen molar-refractivity contribution in [1.82, 2.24) is 14.7 Å². The van der Waals surface area contributed by atoms with Crippen LogP contribution in [-0.2, 0) is 16.1 Å². The zero-order valence-corrected chi connectivity index (χ0v) is 16.3. The monoisotopic (exact) mass is 408 g/mol. The molecule has 146 valence electrons. The van der Waals surface area contributed by atoms with Gasteiger partial charge < -0.3 is 9.64 Å². The number of rotatable bonds is 3. The smallest absolute Gasteiger partial charge is 0.328 e. The molecule has 3 heterocycles. The number of benzene rings is 2. The number of nitrogens with zero attached hydrogens (tertiary/aromatic N) is 4. The number of amides is 3. The highest BCUT2D eigenvalue weighted by Gasteiger charge is 2.54. The van der Waals surface area contributed by atoms with Crippen molar-refractivity contribution in [2.75, 3.05) is 7.05 Å². The number of aliphatic imine (C=N–C) groups is 1. The molecular weight excluding hydrogens is 392 g/mol. The molecule has 8 heteroatoms. The summed E-state index contributed by atoms with van der Waals surface area (Å²) < 4.78 is 5.88. The minimum absolute atomic E-state index is 0.101. The van der Waals surface area contributed by atoms with E-state index in [4.69, 9.17) is 16.3 Å². The molecule has 29 heavy (non-hydrogen) atoms. The van der Waals surface area contributed by atoms with Crippen LogP contribution in [0, 0.1) is 0 Å². The van der Waals surface area contributed by atoms with E-state index in [-0.39, 0.29) is 12.5 Å². The third-order valence-electron chi connectivity index (χ3n) is 5.30. The summed E-state index contributed by atoms with van der Waals surface area (Å²) in [6.45, 7) is 0.101. The number of carbonyl (C=O) groups excluding carboxylic acids is 2. The maximum absolute atomic E-state index is 13.3. The number of likely N-dealkylation sites (N-methyl/N-ethyl adjacent to an activating group) is 1. The molecule has 0 radical (unpaired) electrons. The van der Waals surface area contributed by atoms with E-state index < -0.39 is 18.2 Å². The molecule has 3 aliphatic rings. The third-order valence-corrected chi connectivity index (χ3v) is 5.67. The summed E-state index contributed by atoms with van der Waals surface area (Å²) in [5, 5.41) is 0.511. The fraction of sp³-hybridized carbons (Fsp3) is 0.190. The molecule has 0 bridgehead atoms. The lowest BCUT2D eigenvalue weighted by molar-refractivity contribution is -0.137. The standard InChI is InChI=1S/C21H17ClN4O3/c1-24-18-17(19(27)26(21(24)28)11-14-9-5-6-10-15(14)22)25-12-16(29-20(25)23-18)13-7-3-2-4-8-13/h2-10,12,17-18H,11H2,1H3. The van der Waals surface area contributed by atoms with Crippen LogP contribution in [0.5, 0.6) is 0 Å². The van der Waals surface area contributed by atoms with Crippen molar-refractivity contribution in [3.8, 4) is 0 Å². The third kappa shape index (κ3) is 2.77. The number of hydrogen-bond acceptors (Lipinski definition) is 5. The van der Waals surface area contributed by atoms with E-state index in [1.807, 2.05) is 42.5 Å². The molecule has 0 aliphatic carbocycles. The summed E-state index contributed by atoms with van der Waals surface area (Å²) in [6.07, 6.45) is 1.15. The van der Waals surface area contributed by atoms with Crippen molar-refractivity contribution in [2.24, 2.45) is 4.99 Å². The predicted octanol–water partition coefficient (Wildman–Crippen LogP) is 3.13. The minimum atomic E-state index is -0.670. The van der Waals surface area contributed by atoms with Crippen molar-refractivity contribution in [3.05, 3.63) is 76.9 Å². The van der Waals surface area contributed by atoms with Crippen LogP contribution < -0.4 is 0 Å². The van der Waals surface area contributed by atoms with E-state index in [1.54, 1.807) is 30.3 Å². The normalized spacial score (nSPS) is 22.9. The molecule has 3 aliphatic heterocycles. The maximum Gasteiger partial charge on any atom is 0.328 e. The van der Waals surface area contributed by atoms with Gasteiger partial charge in [-0.1, -0.05) is 60.1 Å². The highest BCUT2D eigenvalue weighted by Crippen LogP contribution is 2.35. The van der Waals surface area contributed by atoms with Gasteiger partial charge in [0.05, 0.1) is 12.7 Å². The molecule has 1 saturated heterocycles. The molecule has 0 spiro atoms. The second-order valence-corrected chi connectivity index (χ2v) is 7.46. The Labute approximate surface area is 172 Å². The van der Waals surface area contributed by atoms with Crippen LogP contribution in [0.4, 0.5) is 4.79 Å². The summed E-state index contributed by atoms with van der Waals surface area (Å²) in [6, 6.07) is 16.0. The topological polar surface area (TPSA) is 65.5 Å². The summed E-state index contributed by atoms with van der Waals surface area (Å²) in [5.41, 5.74) is 1.60. The molecule has 2 atom stereocenters. The Bertz CT molecular complexity index is 1070. The summed E-state index contributed by atoms with van der Waals surface area (Å²) in [7, 11) is 1.64. The van der Waals surface area contributed by atoms with Gasteiger partial charge in [0, 0.05) is 17.6 Å². The first-order chi connectivity index (χ1) is 14.0. The van der Waals surface area contributed by atoms with Gasteiger partial charge in [0.25, 0.3) is 11.9 Å². The number of urea groups is 1. The Kier molecular flexibility index (Phi) is 4.06. The van der Waals surface area contributed by atoms with E-state index >= 15 is 0 Å². The average molecular weight is 409 g/mol. The molecule has 2 aromatic carbocycles. The van der Waals surface area contributed by atoms with E-state index in [9.17, 15) is 9.59 Å². The van der Waals surface area contributed by atoms with Gasteiger partial charge >= 0.3 is 6.03 Å². The van der Waals surface area contributed by atoms with Crippen molar-refractivity contribution in [1.29, 1.82) is 0 Å². The van der Waals surface area contributed by atoms with Crippen molar-refractivity contribution < 1.29 is 14.3 Å². The summed E-state index contributed by atoms with van der Waals surface area (Å²) >= 11 is 6.24. The summed E-state index contributed by atoms with van der Waals surface area (Å²) in [5.74, 6) is 0.290.